The first-order chi connectivity index (χ1) is 12.0. The number of nitrogens with zero attached hydrogens (tertiary/aromatic N) is 1. The van der Waals surface area contributed by atoms with Gasteiger partial charge in [-0.05, 0) is 25.0 Å². The van der Waals surface area contributed by atoms with Crippen LogP contribution in [0.4, 0.5) is 5.69 Å². The normalized spacial score (nSPS) is 22.2. The number of carbonyl (C=O) groups excluding carboxylic acids is 3. The van der Waals surface area contributed by atoms with Crippen molar-refractivity contribution >= 4 is 35.2 Å². The van der Waals surface area contributed by atoms with E-state index >= 15 is 0 Å². The lowest BCUT2D eigenvalue weighted by Crippen LogP contribution is -2.53. The maximum absolute atomic E-state index is 12.4. The van der Waals surface area contributed by atoms with Crippen LogP contribution in [0.25, 0.3) is 0 Å². The highest BCUT2D eigenvalue weighted by atomic mass is 32.2. The molecule has 1 fully saturated rings. The number of fused-ring (bicyclic) bond motifs is 1. The van der Waals surface area contributed by atoms with Crippen LogP contribution >= 0.6 is 11.8 Å². The molecular weight excluding hydrogens is 344 g/mol. The summed E-state index contributed by atoms with van der Waals surface area (Å²) in [5, 5.41) is 2.14. The summed E-state index contributed by atoms with van der Waals surface area (Å²) in [5.74, 6) is 0.174. The van der Waals surface area contributed by atoms with Crippen molar-refractivity contribution in [2.75, 3.05) is 18.7 Å². The summed E-state index contributed by atoms with van der Waals surface area (Å²) < 4.78 is 10.5. The van der Waals surface area contributed by atoms with Crippen LogP contribution in [0.3, 0.4) is 0 Å². The van der Waals surface area contributed by atoms with Gasteiger partial charge in [-0.1, -0.05) is 13.8 Å². The number of hydrogen-bond acceptors (Lipinski definition) is 6. The predicted molar refractivity (Wildman–Crippen MR) is 93.7 cm³/mol. The molecule has 2 heterocycles. The number of rotatable bonds is 5. The molecule has 0 bridgehead atoms. The first-order valence-corrected chi connectivity index (χ1v) is 9.18. The molecule has 3 amide bonds. The molecule has 3 rings (SSSR count). The Labute approximate surface area is 150 Å². The first-order valence-electron chi connectivity index (χ1n) is 8.23. The fourth-order valence-electron chi connectivity index (χ4n) is 2.79. The van der Waals surface area contributed by atoms with Crippen molar-refractivity contribution in [1.82, 2.24) is 4.90 Å². The third-order valence-electron chi connectivity index (χ3n) is 4.11. The van der Waals surface area contributed by atoms with E-state index in [1.807, 2.05) is 13.8 Å². The third kappa shape index (κ3) is 3.58. The molecule has 0 saturated carbocycles. The molecule has 0 aromatic heterocycles. The van der Waals surface area contributed by atoms with E-state index in [-0.39, 0.29) is 35.7 Å². The Hall–Kier alpha value is -2.22. The van der Waals surface area contributed by atoms with Gasteiger partial charge in [-0.15, -0.1) is 11.8 Å². The molecule has 0 spiro atoms. The van der Waals surface area contributed by atoms with Gasteiger partial charge in [0.05, 0.1) is 10.5 Å². The minimum atomic E-state index is -0.419. The predicted octanol–water partition coefficient (Wildman–Crippen LogP) is 2.01. The SMILES string of the molecule is CC[C@@H]1S[C@H](CC)C(=O)N(CC(=O)Nc2ccc3c(c2)OCO3)C1=O. The van der Waals surface area contributed by atoms with Crippen LogP contribution in [0.2, 0.25) is 0 Å². The second-order valence-electron chi connectivity index (χ2n) is 5.81. The van der Waals surface area contributed by atoms with Crippen molar-refractivity contribution in [2.24, 2.45) is 0 Å². The number of carbonyl (C=O) groups is 3. The summed E-state index contributed by atoms with van der Waals surface area (Å²) in [7, 11) is 0. The molecule has 134 valence electrons. The van der Waals surface area contributed by atoms with Crippen LogP contribution in [0.1, 0.15) is 26.7 Å². The van der Waals surface area contributed by atoms with Gasteiger partial charge in [-0.25, -0.2) is 0 Å². The van der Waals surface area contributed by atoms with E-state index in [9.17, 15) is 14.4 Å². The second-order valence-corrected chi connectivity index (χ2v) is 7.22. The minimum absolute atomic E-state index is 0.151. The number of thioether (sulfide) groups is 1. The average molecular weight is 364 g/mol. The van der Waals surface area contributed by atoms with E-state index in [1.165, 1.54) is 11.8 Å². The lowest BCUT2D eigenvalue weighted by Gasteiger charge is -2.34. The summed E-state index contributed by atoms with van der Waals surface area (Å²) in [6.07, 6.45) is 1.27. The molecule has 8 heteroatoms. The molecule has 0 aliphatic carbocycles. The van der Waals surface area contributed by atoms with Crippen LogP contribution in [0.15, 0.2) is 18.2 Å². The van der Waals surface area contributed by atoms with E-state index in [1.54, 1.807) is 18.2 Å². The lowest BCUT2D eigenvalue weighted by atomic mass is 10.2. The molecule has 2 atom stereocenters. The Morgan fingerprint density at radius 3 is 2.44 bits per heavy atom. The summed E-state index contributed by atoms with van der Waals surface area (Å²) >= 11 is 1.39. The zero-order valence-electron chi connectivity index (χ0n) is 14.1. The Balaban J connectivity index is 1.68. The highest BCUT2D eigenvalue weighted by Crippen LogP contribution is 2.34. The largest absolute Gasteiger partial charge is 0.454 e. The highest BCUT2D eigenvalue weighted by molar-refractivity contribution is 8.02. The number of imide groups is 1. The van der Waals surface area contributed by atoms with E-state index in [0.29, 0.717) is 30.0 Å². The fraction of sp³-hybridized carbons (Fsp3) is 0.471. The maximum atomic E-state index is 12.4. The molecule has 1 aromatic carbocycles. The van der Waals surface area contributed by atoms with Crippen molar-refractivity contribution in [3.05, 3.63) is 18.2 Å². The molecule has 1 aromatic rings. The van der Waals surface area contributed by atoms with E-state index < -0.39 is 5.91 Å². The van der Waals surface area contributed by atoms with E-state index in [4.69, 9.17) is 9.47 Å². The lowest BCUT2D eigenvalue weighted by molar-refractivity contribution is -0.147. The van der Waals surface area contributed by atoms with Crippen molar-refractivity contribution in [3.8, 4) is 11.5 Å². The van der Waals surface area contributed by atoms with Crippen LogP contribution in [0, 0.1) is 0 Å². The van der Waals surface area contributed by atoms with Gasteiger partial charge in [0, 0.05) is 11.8 Å². The highest BCUT2D eigenvalue weighted by Gasteiger charge is 2.40. The van der Waals surface area contributed by atoms with Gasteiger partial charge >= 0.3 is 0 Å². The van der Waals surface area contributed by atoms with Crippen LogP contribution in [0.5, 0.6) is 11.5 Å². The summed E-state index contributed by atoms with van der Waals surface area (Å²) in [4.78, 5) is 38.3. The summed E-state index contributed by atoms with van der Waals surface area (Å²) in [5.41, 5.74) is 0.527. The zero-order chi connectivity index (χ0) is 18.0. The van der Waals surface area contributed by atoms with Crippen molar-refractivity contribution in [3.63, 3.8) is 0 Å². The fourth-order valence-corrected chi connectivity index (χ4v) is 4.06. The Kier molecular flexibility index (Phi) is 5.17. The molecule has 0 radical (unpaired) electrons. The molecule has 25 heavy (non-hydrogen) atoms. The van der Waals surface area contributed by atoms with Gasteiger partial charge in [0.15, 0.2) is 11.5 Å². The quantitative estimate of drug-likeness (QED) is 0.805. The van der Waals surface area contributed by atoms with Gasteiger partial charge in [0.2, 0.25) is 24.5 Å². The molecular formula is C17H20N2O5S. The first kappa shape index (κ1) is 17.6. The third-order valence-corrected chi connectivity index (χ3v) is 5.84. The number of ether oxygens (including phenoxy) is 2. The standard InChI is InChI=1S/C17H20N2O5S/c1-3-13-16(21)19(17(22)14(4-2)25-13)8-15(20)18-10-5-6-11-12(7-10)24-9-23-11/h5-7,13-14H,3-4,8-9H2,1-2H3,(H,18,20)/t13-,14+. The monoisotopic (exact) mass is 364 g/mol. The smallest absolute Gasteiger partial charge is 0.244 e. The van der Waals surface area contributed by atoms with Crippen molar-refractivity contribution in [1.29, 1.82) is 0 Å². The molecule has 1 N–H and O–H groups in total. The van der Waals surface area contributed by atoms with Crippen molar-refractivity contribution in [2.45, 2.75) is 37.2 Å². The van der Waals surface area contributed by atoms with E-state index in [0.717, 1.165) is 4.90 Å². The van der Waals surface area contributed by atoms with Crippen LogP contribution in [-0.2, 0) is 14.4 Å². The van der Waals surface area contributed by atoms with Crippen molar-refractivity contribution < 1.29 is 23.9 Å². The van der Waals surface area contributed by atoms with Gasteiger partial charge in [0.25, 0.3) is 0 Å². The van der Waals surface area contributed by atoms with Gasteiger partial charge in [0.1, 0.15) is 6.54 Å². The van der Waals surface area contributed by atoms with Crippen LogP contribution in [-0.4, -0.2) is 46.5 Å². The van der Waals surface area contributed by atoms with Gasteiger partial charge < -0.3 is 14.8 Å². The summed E-state index contributed by atoms with van der Waals surface area (Å²) in [6.45, 7) is 3.68. The molecule has 1 saturated heterocycles. The molecule has 0 unspecified atom stereocenters. The van der Waals surface area contributed by atoms with Gasteiger partial charge in [-0.2, -0.15) is 0 Å². The molecule has 7 nitrogen and oxygen atoms in total. The topological polar surface area (TPSA) is 84.9 Å². The Bertz CT molecular complexity index is 686. The zero-order valence-corrected chi connectivity index (χ0v) is 14.9. The summed E-state index contributed by atoms with van der Waals surface area (Å²) in [6, 6.07) is 5.04. The number of amides is 3. The van der Waals surface area contributed by atoms with E-state index in [2.05, 4.69) is 5.32 Å². The van der Waals surface area contributed by atoms with Crippen LogP contribution < -0.4 is 14.8 Å². The number of anilines is 1. The molecule has 2 aliphatic heterocycles. The Morgan fingerprint density at radius 2 is 1.80 bits per heavy atom. The number of hydrogen-bond donors (Lipinski definition) is 1. The molecule has 2 aliphatic rings. The Morgan fingerprint density at radius 1 is 1.16 bits per heavy atom. The maximum Gasteiger partial charge on any atom is 0.244 e. The van der Waals surface area contributed by atoms with Gasteiger partial charge in [-0.3, -0.25) is 19.3 Å². The second kappa shape index (κ2) is 7.35. The minimum Gasteiger partial charge on any atom is -0.454 e. The average Bonchev–Trinajstić information content (AvgIpc) is 3.06. The number of nitrogens with one attached hydrogen (secondary N) is 1. The number of benzene rings is 1.